The number of para-hydroxylation sites is 1. The average molecular weight is 467 g/mol. The second kappa shape index (κ2) is 13.1. The lowest BCUT2D eigenvalue weighted by molar-refractivity contribution is -0.115. The van der Waals surface area contributed by atoms with Crippen molar-refractivity contribution in [3.8, 4) is 11.5 Å². The van der Waals surface area contributed by atoms with Crippen LogP contribution in [0.1, 0.15) is 63.5 Å². The molecule has 1 aliphatic heterocycles. The molecule has 1 heterocycles. The monoisotopic (exact) mass is 466 g/mol. The van der Waals surface area contributed by atoms with E-state index in [0.717, 1.165) is 35.4 Å². The third-order valence-electron chi connectivity index (χ3n) is 5.49. The Hall–Kier alpha value is -2.73. The Morgan fingerprint density at radius 1 is 1.00 bits per heavy atom. The van der Waals surface area contributed by atoms with Crippen molar-refractivity contribution in [2.24, 2.45) is 4.99 Å². The fourth-order valence-corrected chi connectivity index (χ4v) is 4.45. The second-order valence-electron chi connectivity index (χ2n) is 7.99. The van der Waals surface area contributed by atoms with E-state index in [1.54, 1.807) is 7.11 Å². The maximum absolute atomic E-state index is 12.5. The van der Waals surface area contributed by atoms with E-state index < -0.39 is 0 Å². The predicted molar refractivity (Wildman–Crippen MR) is 138 cm³/mol. The predicted octanol–water partition coefficient (Wildman–Crippen LogP) is 6.89. The minimum atomic E-state index is -0.143. The first-order chi connectivity index (χ1) is 16.1. The number of amidine groups is 1. The maximum Gasteiger partial charge on any atom is 0.264 e. The van der Waals surface area contributed by atoms with Crippen LogP contribution in [0.15, 0.2) is 52.4 Å². The zero-order valence-electron chi connectivity index (χ0n) is 19.9. The highest BCUT2D eigenvalue weighted by Gasteiger charge is 2.24. The molecule has 176 valence electrons. The summed E-state index contributed by atoms with van der Waals surface area (Å²) in [6, 6.07) is 13.7. The molecule has 33 heavy (non-hydrogen) atoms. The van der Waals surface area contributed by atoms with Crippen molar-refractivity contribution in [1.29, 1.82) is 0 Å². The van der Waals surface area contributed by atoms with Gasteiger partial charge in [0.25, 0.3) is 5.91 Å². The second-order valence-corrected chi connectivity index (χ2v) is 9.02. The smallest absolute Gasteiger partial charge is 0.264 e. The lowest BCUT2D eigenvalue weighted by Crippen LogP contribution is -2.19. The molecule has 1 fully saturated rings. The van der Waals surface area contributed by atoms with Gasteiger partial charge in [-0.1, -0.05) is 70.2 Å². The van der Waals surface area contributed by atoms with Gasteiger partial charge >= 0.3 is 0 Å². The quantitative estimate of drug-likeness (QED) is 0.273. The maximum atomic E-state index is 12.5. The number of benzene rings is 2. The van der Waals surface area contributed by atoms with Crippen LogP contribution in [-0.2, 0) is 11.2 Å². The molecule has 3 rings (SSSR count). The largest absolute Gasteiger partial charge is 0.493 e. The van der Waals surface area contributed by atoms with Crippen LogP contribution < -0.4 is 14.8 Å². The number of amides is 1. The topological polar surface area (TPSA) is 59.9 Å². The van der Waals surface area contributed by atoms with E-state index in [1.165, 1.54) is 43.9 Å². The fraction of sp³-hybridized carbons (Fsp3) is 0.407. The summed E-state index contributed by atoms with van der Waals surface area (Å²) in [6.07, 6.45) is 10.1. The van der Waals surface area contributed by atoms with E-state index in [1.807, 2.05) is 42.5 Å². The molecule has 0 spiro atoms. The number of carbonyl (C=O) groups excluding carboxylic acids is 1. The Balaban J connectivity index is 1.63. The first kappa shape index (κ1) is 24.9. The molecule has 2 aromatic carbocycles. The van der Waals surface area contributed by atoms with Crippen molar-refractivity contribution >= 4 is 34.6 Å². The lowest BCUT2D eigenvalue weighted by Gasteiger charge is -2.11. The van der Waals surface area contributed by atoms with Gasteiger partial charge in [-0.25, -0.2) is 4.99 Å². The average Bonchev–Trinajstić information content (AvgIpc) is 3.17. The van der Waals surface area contributed by atoms with Gasteiger partial charge < -0.3 is 14.8 Å². The van der Waals surface area contributed by atoms with Gasteiger partial charge in [0, 0.05) is 0 Å². The molecular weight excluding hydrogens is 432 g/mol. The molecule has 2 aromatic rings. The van der Waals surface area contributed by atoms with E-state index in [-0.39, 0.29) is 5.91 Å². The number of nitrogens with one attached hydrogen (secondary N) is 1. The summed E-state index contributed by atoms with van der Waals surface area (Å²) >= 11 is 1.35. The molecule has 0 saturated carbocycles. The highest BCUT2D eigenvalue weighted by atomic mass is 32.2. The summed E-state index contributed by atoms with van der Waals surface area (Å²) in [7, 11) is 1.64. The van der Waals surface area contributed by atoms with E-state index in [4.69, 9.17) is 9.47 Å². The van der Waals surface area contributed by atoms with Gasteiger partial charge in [0.1, 0.15) is 0 Å². The van der Waals surface area contributed by atoms with Crippen LogP contribution in [0.2, 0.25) is 0 Å². The Morgan fingerprint density at radius 3 is 2.58 bits per heavy atom. The van der Waals surface area contributed by atoms with Crippen molar-refractivity contribution in [1.82, 2.24) is 5.32 Å². The molecule has 1 aliphatic rings. The van der Waals surface area contributed by atoms with Gasteiger partial charge in [0.15, 0.2) is 16.7 Å². The zero-order chi connectivity index (χ0) is 23.5. The molecule has 0 radical (unpaired) electrons. The Bertz CT molecular complexity index is 1000. The van der Waals surface area contributed by atoms with E-state index in [2.05, 4.69) is 30.2 Å². The summed E-state index contributed by atoms with van der Waals surface area (Å²) in [4.78, 5) is 17.7. The van der Waals surface area contributed by atoms with Crippen molar-refractivity contribution in [2.75, 3.05) is 13.7 Å². The molecule has 0 aliphatic carbocycles. The van der Waals surface area contributed by atoms with Crippen LogP contribution in [0.5, 0.6) is 11.5 Å². The molecule has 1 saturated heterocycles. The third-order valence-corrected chi connectivity index (χ3v) is 6.40. The zero-order valence-corrected chi connectivity index (χ0v) is 20.7. The first-order valence-corrected chi connectivity index (χ1v) is 12.6. The third kappa shape index (κ3) is 7.39. The van der Waals surface area contributed by atoms with Crippen LogP contribution in [0.4, 0.5) is 5.69 Å². The lowest BCUT2D eigenvalue weighted by atomic mass is 10.1. The van der Waals surface area contributed by atoms with E-state index >= 15 is 0 Å². The number of hydrogen-bond donors (Lipinski definition) is 1. The molecule has 1 N–H and O–H groups in total. The number of methoxy groups -OCH3 is 1. The number of carbonyl (C=O) groups is 1. The number of hydrogen-bond acceptors (Lipinski definition) is 5. The molecule has 0 unspecified atom stereocenters. The van der Waals surface area contributed by atoms with Crippen LogP contribution in [0.3, 0.4) is 0 Å². The van der Waals surface area contributed by atoms with Crippen molar-refractivity contribution in [2.45, 2.75) is 58.8 Å². The molecule has 6 heteroatoms. The van der Waals surface area contributed by atoms with Crippen molar-refractivity contribution in [3.63, 3.8) is 0 Å². The number of nitrogens with zero attached hydrogens (tertiary/aromatic N) is 1. The Kier molecular flexibility index (Phi) is 9.88. The van der Waals surface area contributed by atoms with Gasteiger partial charge in [-0.15, -0.1) is 0 Å². The summed E-state index contributed by atoms with van der Waals surface area (Å²) < 4.78 is 11.5. The SMILES string of the molecule is CCCCCCCCOc1ccc(/C=C2\SC(=Nc3ccccc3CC)NC2=O)cc1OC. The van der Waals surface area contributed by atoms with Crippen molar-refractivity contribution in [3.05, 3.63) is 58.5 Å². The Labute approximate surface area is 201 Å². The van der Waals surface area contributed by atoms with Crippen molar-refractivity contribution < 1.29 is 14.3 Å². The number of aryl methyl sites for hydroxylation is 1. The van der Waals surface area contributed by atoms with Crippen LogP contribution in [0, 0.1) is 0 Å². The van der Waals surface area contributed by atoms with Gasteiger partial charge in [-0.3, -0.25) is 4.79 Å². The van der Waals surface area contributed by atoms with Gasteiger partial charge in [-0.05, 0) is 60.0 Å². The first-order valence-electron chi connectivity index (χ1n) is 11.8. The van der Waals surface area contributed by atoms with Gasteiger partial charge in [-0.2, -0.15) is 0 Å². The number of rotatable bonds is 12. The summed E-state index contributed by atoms with van der Waals surface area (Å²) in [5, 5.41) is 3.46. The summed E-state index contributed by atoms with van der Waals surface area (Å²) in [6.45, 7) is 5.01. The molecule has 0 atom stereocenters. The molecule has 1 amide bonds. The molecule has 0 aromatic heterocycles. The number of aliphatic imine (C=N–C) groups is 1. The number of ether oxygens (including phenoxy) is 2. The molecule has 5 nitrogen and oxygen atoms in total. The van der Waals surface area contributed by atoms with Crippen LogP contribution >= 0.6 is 11.8 Å². The van der Waals surface area contributed by atoms with Crippen LogP contribution in [-0.4, -0.2) is 24.8 Å². The molecule has 0 bridgehead atoms. The summed E-state index contributed by atoms with van der Waals surface area (Å²) in [5.74, 6) is 1.26. The minimum Gasteiger partial charge on any atom is -0.493 e. The normalized spacial score (nSPS) is 15.8. The number of thioether (sulfide) groups is 1. The fourth-order valence-electron chi connectivity index (χ4n) is 3.62. The summed E-state index contributed by atoms with van der Waals surface area (Å²) in [5.41, 5.74) is 2.92. The van der Waals surface area contributed by atoms with E-state index in [9.17, 15) is 4.79 Å². The van der Waals surface area contributed by atoms with Gasteiger partial charge in [0.05, 0.1) is 24.3 Å². The molecular formula is C27H34N2O3S. The highest BCUT2D eigenvalue weighted by molar-refractivity contribution is 8.18. The highest BCUT2D eigenvalue weighted by Crippen LogP contribution is 2.33. The Morgan fingerprint density at radius 2 is 1.79 bits per heavy atom. The minimum absolute atomic E-state index is 0.143. The standard InChI is InChI=1S/C27H34N2O3S/c1-4-6-7-8-9-12-17-32-23-16-15-20(18-24(23)31-3)19-25-26(30)29-27(33-25)28-22-14-11-10-13-21(22)5-2/h10-11,13-16,18-19H,4-9,12,17H2,1-3H3,(H,28,29,30)/b25-19-. The number of unbranched alkanes of at least 4 members (excludes halogenated alkanes) is 5. The van der Waals surface area contributed by atoms with Gasteiger partial charge in [0.2, 0.25) is 0 Å². The van der Waals surface area contributed by atoms with Crippen LogP contribution in [0.25, 0.3) is 6.08 Å². The van der Waals surface area contributed by atoms with E-state index in [0.29, 0.717) is 22.4 Å².